The molecule has 0 saturated carbocycles. The minimum atomic E-state index is -0.0977. The lowest BCUT2D eigenvalue weighted by molar-refractivity contribution is 0.0950. The summed E-state index contributed by atoms with van der Waals surface area (Å²) < 4.78 is 5.37. The summed E-state index contributed by atoms with van der Waals surface area (Å²) >= 11 is 0. The zero-order valence-corrected chi connectivity index (χ0v) is 12.9. The Labute approximate surface area is 125 Å². The smallest absolute Gasteiger partial charge is 0.251 e. The van der Waals surface area contributed by atoms with Crippen LogP contribution in [0.3, 0.4) is 0 Å². The van der Waals surface area contributed by atoms with E-state index in [1.165, 1.54) is 0 Å². The van der Waals surface area contributed by atoms with Crippen molar-refractivity contribution in [3.8, 4) is 5.75 Å². The summed E-state index contributed by atoms with van der Waals surface area (Å²) in [4.78, 5) is 16.5. The standard InChI is InChI=1S/C17H20N2O2/c1-11-6-5-7-14(8-11)17(20)19-10-15-13(3)16(21-4)12(2)9-18-15/h5-9H,10H2,1-4H3,(H,19,20). The molecule has 1 N–H and O–H groups in total. The van der Waals surface area contributed by atoms with Crippen molar-refractivity contribution in [3.63, 3.8) is 0 Å². The molecule has 2 aromatic rings. The second kappa shape index (κ2) is 6.39. The molecule has 0 bridgehead atoms. The zero-order valence-electron chi connectivity index (χ0n) is 12.9. The van der Waals surface area contributed by atoms with Gasteiger partial charge in [-0.1, -0.05) is 17.7 Å². The van der Waals surface area contributed by atoms with Crippen LogP contribution in [-0.2, 0) is 6.54 Å². The van der Waals surface area contributed by atoms with E-state index in [4.69, 9.17) is 4.74 Å². The molecule has 4 nitrogen and oxygen atoms in total. The van der Waals surface area contributed by atoms with Crippen LogP contribution in [0.2, 0.25) is 0 Å². The maximum absolute atomic E-state index is 12.1. The molecule has 0 spiro atoms. The fourth-order valence-electron chi connectivity index (χ4n) is 2.30. The van der Waals surface area contributed by atoms with E-state index in [2.05, 4.69) is 10.3 Å². The minimum Gasteiger partial charge on any atom is -0.496 e. The van der Waals surface area contributed by atoms with Crippen molar-refractivity contribution < 1.29 is 9.53 Å². The molecule has 110 valence electrons. The Bertz CT molecular complexity index is 666. The third-order valence-electron chi connectivity index (χ3n) is 3.45. The van der Waals surface area contributed by atoms with Crippen molar-refractivity contribution in [2.24, 2.45) is 0 Å². The zero-order chi connectivity index (χ0) is 15.4. The highest BCUT2D eigenvalue weighted by molar-refractivity contribution is 5.94. The molecule has 4 heteroatoms. The summed E-state index contributed by atoms with van der Waals surface area (Å²) in [7, 11) is 1.64. The maximum Gasteiger partial charge on any atom is 0.251 e. The Morgan fingerprint density at radius 1 is 1.29 bits per heavy atom. The lowest BCUT2D eigenvalue weighted by Crippen LogP contribution is -2.24. The average molecular weight is 284 g/mol. The fraction of sp³-hybridized carbons (Fsp3) is 0.294. The van der Waals surface area contributed by atoms with Gasteiger partial charge in [-0.05, 0) is 32.9 Å². The number of amides is 1. The third-order valence-corrected chi connectivity index (χ3v) is 3.45. The van der Waals surface area contributed by atoms with Crippen molar-refractivity contribution in [2.75, 3.05) is 7.11 Å². The van der Waals surface area contributed by atoms with Gasteiger partial charge in [0.05, 0.1) is 19.3 Å². The van der Waals surface area contributed by atoms with E-state index in [9.17, 15) is 4.79 Å². The molecule has 2 rings (SSSR count). The predicted molar refractivity (Wildman–Crippen MR) is 82.6 cm³/mol. The van der Waals surface area contributed by atoms with Gasteiger partial charge in [-0.25, -0.2) is 0 Å². The molecule has 0 aliphatic heterocycles. The normalized spacial score (nSPS) is 10.3. The van der Waals surface area contributed by atoms with Gasteiger partial charge in [0, 0.05) is 22.9 Å². The molecule has 0 aliphatic carbocycles. The number of carbonyl (C=O) groups excluding carboxylic acids is 1. The first-order valence-corrected chi connectivity index (χ1v) is 6.87. The van der Waals surface area contributed by atoms with Crippen LogP contribution in [-0.4, -0.2) is 18.0 Å². The summed E-state index contributed by atoms with van der Waals surface area (Å²) in [6.45, 7) is 6.25. The highest BCUT2D eigenvalue weighted by atomic mass is 16.5. The molecule has 21 heavy (non-hydrogen) atoms. The first-order chi connectivity index (χ1) is 10.0. The van der Waals surface area contributed by atoms with Gasteiger partial charge in [-0.3, -0.25) is 9.78 Å². The fourth-order valence-corrected chi connectivity index (χ4v) is 2.30. The van der Waals surface area contributed by atoms with Crippen LogP contribution in [0.25, 0.3) is 0 Å². The Kier molecular flexibility index (Phi) is 4.58. The topological polar surface area (TPSA) is 51.2 Å². The van der Waals surface area contributed by atoms with Gasteiger partial charge in [0.2, 0.25) is 0 Å². The Hall–Kier alpha value is -2.36. The lowest BCUT2D eigenvalue weighted by Gasteiger charge is -2.13. The minimum absolute atomic E-state index is 0.0977. The Morgan fingerprint density at radius 3 is 2.71 bits per heavy atom. The van der Waals surface area contributed by atoms with Crippen LogP contribution < -0.4 is 10.1 Å². The highest BCUT2D eigenvalue weighted by Crippen LogP contribution is 2.23. The van der Waals surface area contributed by atoms with Crippen molar-refractivity contribution >= 4 is 5.91 Å². The molecule has 1 aromatic carbocycles. The quantitative estimate of drug-likeness (QED) is 0.939. The van der Waals surface area contributed by atoms with E-state index >= 15 is 0 Å². The molecule has 0 fully saturated rings. The second-order valence-corrected chi connectivity index (χ2v) is 5.10. The molecule has 1 amide bonds. The number of rotatable bonds is 4. The molecule has 1 aromatic heterocycles. The highest BCUT2D eigenvalue weighted by Gasteiger charge is 2.11. The van der Waals surface area contributed by atoms with Crippen LogP contribution in [0.4, 0.5) is 0 Å². The Balaban J connectivity index is 2.12. The van der Waals surface area contributed by atoms with E-state index < -0.39 is 0 Å². The van der Waals surface area contributed by atoms with Crippen LogP contribution >= 0.6 is 0 Å². The Morgan fingerprint density at radius 2 is 2.05 bits per heavy atom. The largest absolute Gasteiger partial charge is 0.496 e. The number of aryl methyl sites for hydroxylation is 2. The number of pyridine rings is 1. The number of methoxy groups -OCH3 is 1. The van der Waals surface area contributed by atoms with Gasteiger partial charge in [-0.15, -0.1) is 0 Å². The summed E-state index contributed by atoms with van der Waals surface area (Å²) in [5, 5.41) is 2.90. The molecule has 0 radical (unpaired) electrons. The second-order valence-electron chi connectivity index (χ2n) is 5.10. The number of carbonyl (C=O) groups is 1. The third kappa shape index (κ3) is 3.40. The van der Waals surface area contributed by atoms with Gasteiger partial charge in [0.25, 0.3) is 5.91 Å². The number of hydrogen-bond donors (Lipinski definition) is 1. The number of nitrogens with zero attached hydrogens (tertiary/aromatic N) is 1. The molecule has 0 atom stereocenters. The van der Waals surface area contributed by atoms with E-state index in [1.807, 2.05) is 39.0 Å². The van der Waals surface area contributed by atoms with E-state index in [1.54, 1.807) is 19.4 Å². The first-order valence-electron chi connectivity index (χ1n) is 6.87. The van der Waals surface area contributed by atoms with Gasteiger partial charge in [0.1, 0.15) is 5.75 Å². The summed E-state index contributed by atoms with van der Waals surface area (Å²) in [6, 6.07) is 7.51. The van der Waals surface area contributed by atoms with E-state index in [-0.39, 0.29) is 5.91 Å². The molecular formula is C17H20N2O2. The van der Waals surface area contributed by atoms with E-state index in [0.717, 1.165) is 28.1 Å². The van der Waals surface area contributed by atoms with Crippen LogP contribution in [0, 0.1) is 20.8 Å². The molecule has 0 unspecified atom stereocenters. The number of benzene rings is 1. The van der Waals surface area contributed by atoms with Crippen LogP contribution in [0.5, 0.6) is 5.75 Å². The van der Waals surface area contributed by atoms with Crippen molar-refractivity contribution in [1.82, 2.24) is 10.3 Å². The SMILES string of the molecule is COc1c(C)cnc(CNC(=O)c2cccc(C)c2)c1C. The van der Waals surface area contributed by atoms with Crippen molar-refractivity contribution in [1.29, 1.82) is 0 Å². The van der Waals surface area contributed by atoms with Gasteiger partial charge in [-0.2, -0.15) is 0 Å². The molecular weight excluding hydrogens is 264 g/mol. The van der Waals surface area contributed by atoms with Gasteiger partial charge < -0.3 is 10.1 Å². The summed E-state index contributed by atoms with van der Waals surface area (Å²) in [6.07, 6.45) is 1.76. The first kappa shape index (κ1) is 15.0. The molecule has 0 aliphatic rings. The van der Waals surface area contributed by atoms with Crippen molar-refractivity contribution in [3.05, 3.63) is 58.4 Å². The predicted octanol–water partition coefficient (Wildman–Crippen LogP) is 2.95. The van der Waals surface area contributed by atoms with E-state index in [0.29, 0.717) is 12.1 Å². The average Bonchev–Trinajstić information content (AvgIpc) is 2.46. The number of aromatic nitrogens is 1. The molecule has 1 heterocycles. The van der Waals surface area contributed by atoms with Crippen LogP contribution in [0.1, 0.15) is 32.7 Å². The van der Waals surface area contributed by atoms with Crippen LogP contribution in [0.15, 0.2) is 30.5 Å². The lowest BCUT2D eigenvalue weighted by atomic mass is 10.1. The summed E-state index contributed by atoms with van der Waals surface area (Å²) in [5.74, 6) is 0.726. The van der Waals surface area contributed by atoms with Gasteiger partial charge in [0.15, 0.2) is 0 Å². The monoisotopic (exact) mass is 284 g/mol. The number of ether oxygens (including phenoxy) is 1. The number of hydrogen-bond acceptors (Lipinski definition) is 3. The van der Waals surface area contributed by atoms with Crippen molar-refractivity contribution in [2.45, 2.75) is 27.3 Å². The van der Waals surface area contributed by atoms with Gasteiger partial charge >= 0.3 is 0 Å². The molecule has 0 saturated heterocycles. The maximum atomic E-state index is 12.1. The summed E-state index contributed by atoms with van der Waals surface area (Å²) in [5.41, 5.74) is 4.49. The number of nitrogens with one attached hydrogen (secondary N) is 1.